The lowest BCUT2D eigenvalue weighted by Gasteiger charge is -2.26. The molecule has 0 aliphatic carbocycles. The third-order valence-corrected chi connectivity index (χ3v) is 6.76. The number of halogens is 2. The molecule has 0 saturated heterocycles. The summed E-state index contributed by atoms with van der Waals surface area (Å²) in [5.74, 6) is -0.230. The highest BCUT2D eigenvalue weighted by Gasteiger charge is 2.29. The number of rotatable bonds is 9. The number of fused-ring (bicyclic) bond motifs is 1. The summed E-state index contributed by atoms with van der Waals surface area (Å²) < 4.78 is 40.3. The molecule has 0 N–H and O–H groups in total. The Hall–Kier alpha value is -4.26. The second kappa shape index (κ2) is 13.4. The van der Waals surface area contributed by atoms with Crippen LogP contribution in [-0.4, -0.2) is 28.8 Å². The summed E-state index contributed by atoms with van der Waals surface area (Å²) in [6.07, 6.45) is 2.38. The molecule has 0 saturated carbocycles. The molecule has 0 bridgehead atoms. The maximum absolute atomic E-state index is 14.0. The maximum Gasteiger partial charge on any atom is 0.126 e. The largest absolute Gasteiger partial charge is 0.497 e. The highest BCUT2D eigenvalue weighted by molar-refractivity contribution is 5.86. The maximum atomic E-state index is 14.0. The van der Waals surface area contributed by atoms with Gasteiger partial charge in [0.05, 0.1) is 37.0 Å². The summed E-state index contributed by atoms with van der Waals surface area (Å²) in [6.45, 7) is 12.9. The number of benzene rings is 1. The minimum atomic E-state index is -0.839. The molecule has 4 aromatic rings. The van der Waals surface area contributed by atoms with Crippen molar-refractivity contribution in [3.8, 4) is 22.9 Å². The third-order valence-electron chi connectivity index (χ3n) is 6.76. The van der Waals surface area contributed by atoms with Crippen LogP contribution in [0.1, 0.15) is 51.7 Å². The molecule has 1 aromatic carbocycles. The van der Waals surface area contributed by atoms with E-state index in [9.17, 15) is 8.78 Å². The highest BCUT2D eigenvalue weighted by atomic mass is 19.1. The van der Waals surface area contributed by atoms with Crippen LogP contribution in [0.25, 0.3) is 22.3 Å². The van der Waals surface area contributed by atoms with Gasteiger partial charge in [-0.2, -0.15) is 0 Å². The molecule has 216 valence electrons. The van der Waals surface area contributed by atoms with E-state index in [2.05, 4.69) is 29.3 Å². The minimum absolute atomic E-state index is 0.354. The van der Waals surface area contributed by atoms with E-state index in [0.29, 0.717) is 29.2 Å². The van der Waals surface area contributed by atoms with Crippen LogP contribution in [0.3, 0.4) is 0 Å². The smallest absolute Gasteiger partial charge is 0.126 e. The predicted molar refractivity (Wildman–Crippen MR) is 164 cm³/mol. The van der Waals surface area contributed by atoms with Crippen LogP contribution in [0.4, 0.5) is 8.78 Å². The van der Waals surface area contributed by atoms with Crippen LogP contribution >= 0.6 is 0 Å². The van der Waals surface area contributed by atoms with Gasteiger partial charge in [0.15, 0.2) is 0 Å². The fraction of sp³-hybridized carbons (Fsp3) is 0.294. The number of para-hydroxylation sites is 1. The van der Waals surface area contributed by atoms with Crippen LogP contribution in [-0.2, 0) is 18.9 Å². The summed E-state index contributed by atoms with van der Waals surface area (Å²) in [4.78, 5) is 9.98. The summed E-state index contributed by atoms with van der Waals surface area (Å²) in [5.41, 5.74) is 5.11. The van der Waals surface area contributed by atoms with E-state index in [4.69, 9.17) is 19.4 Å². The summed E-state index contributed by atoms with van der Waals surface area (Å²) in [6, 6.07) is 17.9. The van der Waals surface area contributed by atoms with Gasteiger partial charge in [-0.25, -0.2) is 13.8 Å². The first-order chi connectivity index (χ1) is 19.5. The van der Waals surface area contributed by atoms with E-state index >= 15 is 0 Å². The molecule has 3 aromatic heterocycles. The first-order valence-electron chi connectivity index (χ1n) is 13.6. The van der Waals surface area contributed by atoms with Crippen LogP contribution in [0, 0.1) is 0 Å². The fourth-order valence-corrected chi connectivity index (χ4v) is 4.59. The summed E-state index contributed by atoms with van der Waals surface area (Å²) in [7, 11) is 5.26. The number of aryl methyl sites for hydroxylation is 1. The van der Waals surface area contributed by atoms with E-state index in [1.54, 1.807) is 21.1 Å². The zero-order valence-electron chi connectivity index (χ0n) is 25.2. The molecule has 0 amide bonds. The van der Waals surface area contributed by atoms with Crippen molar-refractivity contribution in [1.29, 1.82) is 0 Å². The minimum Gasteiger partial charge on any atom is -0.497 e. The molecule has 3 heterocycles. The Labute approximate surface area is 241 Å². The van der Waals surface area contributed by atoms with Crippen LogP contribution in [0.2, 0.25) is 0 Å². The number of aromatic nitrogens is 3. The molecule has 0 aliphatic rings. The average molecular weight is 560 g/mol. The van der Waals surface area contributed by atoms with Gasteiger partial charge in [0, 0.05) is 65.8 Å². The van der Waals surface area contributed by atoms with Crippen molar-refractivity contribution in [2.75, 3.05) is 14.2 Å². The lowest BCUT2D eigenvalue weighted by Crippen LogP contribution is -2.23. The lowest BCUT2D eigenvalue weighted by atomic mass is 9.84. The van der Waals surface area contributed by atoms with Gasteiger partial charge in [0.1, 0.15) is 23.2 Å². The first-order valence-corrected chi connectivity index (χ1v) is 13.6. The van der Waals surface area contributed by atoms with Gasteiger partial charge in [-0.1, -0.05) is 44.2 Å². The molecule has 41 heavy (non-hydrogen) atoms. The molecular formula is C34H39F2N3O2. The zero-order valence-corrected chi connectivity index (χ0v) is 25.2. The number of pyridine rings is 2. The van der Waals surface area contributed by atoms with Crippen LogP contribution < -0.4 is 9.47 Å². The SMILES string of the molecule is C=C(F)/C=C(F)\C=C(\C)Cc1cc(OC)cc(C(C)(C)c2cc(OC)cc(-c3cc4ccccc4n3C)n2)n1.CC. The molecule has 0 aliphatic heterocycles. The Kier molecular flexibility index (Phi) is 10.2. The van der Waals surface area contributed by atoms with Crippen molar-refractivity contribution >= 4 is 10.9 Å². The molecule has 0 atom stereocenters. The number of methoxy groups -OCH3 is 2. The second-order valence-corrected chi connectivity index (χ2v) is 10.1. The molecule has 0 radical (unpaired) electrons. The second-order valence-electron chi connectivity index (χ2n) is 10.1. The normalized spacial score (nSPS) is 12.1. The van der Waals surface area contributed by atoms with E-state index in [-0.39, 0.29) is 0 Å². The summed E-state index contributed by atoms with van der Waals surface area (Å²) >= 11 is 0. The van der Waals surface area contributed by atoms with Crippen molar-refractivity contribution in [3.63, 3.8) is 0 Å². The number of ether oxygens (including phenoxy) is 2. The van der Waals surface area contributed by atoms with Gasteiger partial charge in [0.2, 0.25) is 0 Å². The molecule has 0 unspecified atom stereocenters. The van der Waals surface area contributed by atoms with Crippen molar-refractivity contribution in [3.05, 3.63) is 108 Å². The van der Waals surface area contributed by atoms with E-state index < -0.39 is 17.1 Å². The van der Waals surface area contributed by atoms with Crippen molar-refractivity contribution in [2.45, 2.75) is 46.5 Å². The molecule has 0 spiro atoms. The Morgan fingerprint density at radius 1 is 0.927 bits per heavy atom. The van der Waals surface area contributed by atoms with E-state index in [1.807, 2.05) is 71.1 Å². The average Bonchev–Trinajstić information content (AvgIpc) is 3.29. The topological polar surface area (TPSA) is 49.2 Å². The number of hydrogen-bond acceptors (Lipinski definition) is 4. The molecule has 7 heteroatoms. The Morgan fingerprint density at radius 2 is 1.54 bits per heavy atom. The molecule has 4 rings (SSSR count). The van der Waals surface area contributed by atoms with Gasteiger partial charge in [-0.15, -0.1) is 0 Å². The van der Waals surface area contributed by atoms with Gasteiger partial charge < -0.3 is 14.0 Å². The van der Waals surface area contributed by atoms with Crippen molar-refractivity contribution < 1.29 is 18.3 Å². The lowest BCUT2D eigenvalue weighted by molar-refractivity contribution is 0.409. The summed E-state index contributed by atoms with van der Waals surface area (Å²) in [5, 5.41) is 1.13. The third kappa shape index (κ3) is 7.28. The number of allylic oxidation sites excluding steroid dienone is 5. The van der Waals surface area contributed by atoms with Gasteiger partial charge in [-0.3, -0.25) is 4.98 Å². The molecular weight excluding hydrogens is 520 g/mol. The quantitative estimate of drug-likeness (QED) is 0.192. The van der Waals surface area contributed by atoms with Crippen LogP contribution in [0.5, 0.6) is 11.5 Å². The van der Waals surface area contributed by atoms with Crippen molar-refractivity contribution in [1.82, 2.24) is 14.5 Å². The monoisotopic (exact) mass is 559 g/mol. The molecule has 5 nitrogen and oxygen atoms in total. The van der Waals surface area contributed by atoms with E-state index in [1.165, 1.54) is 6.08 Å². The van der Waals surface area contributed by atoms with Gasteiger partial charge in [0.25, 0.3) is 0 Å². The first kappa shape index (κ1) is 31.3. The highest BCUT2D eigenvalue weighted by Crippen LogP contribution is 2.36. The van der Waals surface area contributed by atoms with E-state index in [0.717, 1.165) is 39.8 Å². The Bertz CT molecular complexity index is 1600. The van der Waals surface area contributed by atoms with Gasteiger partial charge >= 0.3 is 0 Å². The standard InChI is InChI=1S/C32H33F2N3O2.C2H6/c1-20(12-23(34)14-21(2)33)13-24-16-25(38-6)18-30(35-24)32(3,4)31-19-26(39-7)17-27(36-31)29-15-22-10-8-9-11-28(22)37(29)5;1-2/h8-12,14-19H,2,13H2,1,3-7H3;1-2H3/b20-12-,23-14+;. The van der Waals surface area contributed by atoms with Crippen molar-refractivity contribution in [2.24, 2.45) is 7.05 Å². The Balaban J connectivity index is 0.00000226. The Morgan fingerprint density at radius 3 is 2.15 bits per heavy atom. The predicted octanol–water partition coefficient (Wildman–Crippen LogP) is 8.83. The van der Waals surface area contributed by atoms with Gasteiger partial charge in [-0.05, 0) is 39.0 Å². The fourth-order valence-electron chi connectivity index (χ4n) is 4.59. The zero-order chi connectivity index (χ0) is 30.3. The number of nitrogens with zero attached hydrogens (tertiary/aromatic N) is 3. The number of hydrogen-bond donors (Lipinski definition) is 0. The van der Waals surface area contributed by atoms with Crippen LogP contribution in [0.15, 0.2) is 90.6 Å². The molecule has 0 fully saturated rings.